The first-order valence-electron chi connectivity index (χ1n) is 7.88. The summed E-state index contributed by atoms with van der Waals surface area (Å²) in [6.45, 7) is 5.68. The molecular formula is C16H26N4O. The molecule has 1 unspecified atom stereocenters. The van der Waals surface area contributed by atoms with Crippen molar-refractivity contribution in [2.24, 2.45) is 5.73 Å². The van der Waals surface area contributed by atoms with Gasteiger partial charge in [0.1, 0.15) is 5.69 Å². The molecule has 1 aromatic heterocycles. The molecule has 0 bridgehead atoms. The van der Waals surface area contributed by atoms with Crippen LogP contribution in [0.1, 0.15) is 48.7 Å². The van der Waals surface area contributed by atoms with Gasteiger partial charge in [-0.1, -0.05) is 12.5 Å². The van der Waals surface area contributed by atoms with Crippen LogP contribution in [-0.2, 0) is 6.54 Å². The average Bonchev–Trinajstić information content (AvgIpc) is 2.53. The molecule has 1 fully saturated rings. The van der Waals surface area contributed by atoms with E-state index in [1.807, 2.05) is 6.07 Å². The zero-order chi connectivity index (χ0) is 15.1. The Morgan fingerprint density at radius 3 is 3.00 bits per heavy atom. The maximum Gasteiger partial charge on any atom is 0.269 e. The Morgan fingerprint density at radius 2 is 2.33 bits per heavy atom. The molecule has 0 radical (unpaired) electrons. The number of carbonyl (C=O) groups is 1. The number of aromatic nitrogens is 1. The molecule has 1 aliphatic rings. The number of amides is 1. The highest BCUT2D eigenvalue weighted by molar-refractivity contribution is 5.92. The summed E-state index contributed by atoms with van der Waals surface area (Å²) in [6, 6.07) is 4.25. The van der Waals surface area contributed by atoms with Gasteiger partial charge in [-0.05, 0) is 44.4 Å². The van der Waals surface area contributed by atoms with E-state index in [0.717, 1.165) is 18.5 Å². The Hall–Kier alpha value is -1.46. The van der Waals surface area contributed by atoms with Crippen molar-refractivity contribution in [2.45, 2.75) is 45.2 Å². The minimum Gasteiger partial charge on any atom is -0.351 e. The molecule has 2 heterocycles. The van der Waals surface area contributed by atoms with Crippen molar-refractivity contribution in [1.82, 2.24) is 15.2 Å². The second kappa shape index (κ2) is 8.10. The lowest BCUT2D eigenvalue weighted by Gasteiger charge is -2.33. The molecule has 0 aromatic carbocycles. The molecule has 21 heavy (non-hydrogen) atoms. The highest BCUT2D eigenvalue weighted by Gasteiger charge is 2.17. The molecule has 1 amide bonds. The Morgan fingerprint density at radius 1 is 1.48 bits per heavy atom. The summed E-state index contributed by atoms with van der Waals surface area (Å²) in [7, 11) is 0. The van der Waals surface area contributed by atoms with Gasteiger partial charge >= 0.3 is 0 Å². The zero-order valence-electron chi connectivity index (χ0n) is 12.8. The van der Waals surface area contributed by atoms with Gasteiger partial charge in [-0.2, -0.15) is 0 Å². The third-order valence-electron chi connectivity index (χ3n) is 4.14. The van der Waals surface area contributed by atoms with Crippen LogP contribution in [0.4, 0.5) is 0 Å². The number of carbonyl (C=O) groups excluding carboxylic acids is 1. The lowest BCUT2D eigenvalue weighted by molar-refractivity contribution is 0.0944. The molecule has 0 aliphatic carbocycles. The highest BCUT2D eigenvalue weighted by atomic mass is 16.1. The van der Waals surface area contributed by atoms with E-state index in [1.165, 1.54) is 25.8 Å². The summed E-state index contributed by atoms with van der Waals surface area (Å²) in [5, 5.41) is 2.93. The molecule has 1 saturated heterocycles. The topological polar surface area (TPSA) is 71.2 Å². The van der Waals surface area contributed by atoms with Crippen LogP contribution in [0, 0.1) is 0 Å². The molecule has 5 heteroatoms. The Balaban J connectivity index is 1.68. The molecule has 5 nitrogen and oxygen atoms in total. The Labute approximate surface area is 126 Å². The van der Waals surface area contributed by atoms with Crippen LogP contribution < -0.4 is 11.1 Å². The SMILES string of the molecule is CC1CCCCN1CCCNC(=O)c1ccc(CN)cn1. The number of hydrogen-bond donors (Lipinski definition) is 2. The zero-order valence-corrected chi connectivity index (χ0v) is 12.8. The lowest BCUT2D eigenvalue weighted by Crippen LogP contribution is -2.39. The summed E-state index contributed by atoms with van der Waals surface area (Å²) < 4.78 is 0. The van der Waals surface area contributed by atoms with E-state index in [1.54, 1.807) is 12.3 Å². The van der Waals surface area contributed by atoms with Crippen molar-refractivity contribution in [1.29, 1.82) is 0 Å². The van der Waals surface area contributed by atoms with Crippen LogP contribution in [0.15, 0.2) is 18.3 Å². The number of piperidine rings is 1. The molecule has 116 valence electrons. The quantitative estimate of drug-likeness (QED) is 0.780. The van der Waals surface area contributed by atoms with Gasteiger partial charge in [0.2, 0.25) is 0 Å². The summed E-state index contributed by atoms with van der Waals surface area (Å²) in [5.41, 5.74) is 6.90. The number of pyridine rings is 1. The summed E-state index contributed by atoms with van der Waals surface area (Å²) in [6.07, 6.45) is 6.58. The van der Waals surface area contributed by atoms with Gasteiger partial charge in [-0.3, -0.25) is 9.78 Å². The van der Waals surface area contributed by atoms with Gasteiger partial charge in [0.05, 0.1) is 0 Å². The van der Waals surface area contributed by atoms with Crippen LogP contribution in [-0.4, -0.2) is 41.5 Å². The summed E-state index contributed by atoms with van der Waals surface area (Å²) in [4.78, 5) is 18.6. The van der Waals surface area contributed by atoms with Gasteiger partial charge in [0.25, 0.3) is 5.91 Å². The molecule has 3 N–H and O–H groups in total. The smallest absolute Gasteiger partial charge is 0.269 e. The van der Waals surface area contributed by atoms with Crippen molar-refractivity contribution in [3.8, 4) is 0 Å². The van der Waals surface area contributed by atoms with Crippen LogP contribution >= 0.6 is 0 Å². The standard InChI is InChI=1S/C16H26N4O/c1-13-5-2-3-9-20(13)10-4-8-18-16(21)15-7-6-14(11-17)12-19-15/h6-7,12-13H,2-5,8-11,17H2,1H3,(H,18,21). The van der Waals surface area contributed by atoms with Crippen LogP contribution in [0.3, 0.4) is 0 Å². The van der Waals surface area contributed by atoms with E-state index in [9.17, 15) is 4.79 Å². The van der Waals surface area contributed by atoms with Gasteiger partial charge in [-0.25, -0.2) is 0 Å². The number of nitrogens with zero attached hydrogens (tertiary/aromatic N) is 2. The van der Waals surface area contributed by atoms with E-state index in [-0.39, 0.29) is 5.91 Å². The van der Waals surface area contributed by atoms with E-state index in [0.29, 0.717) is 24.8 Å². The van der Waals surface area contributed by atoms with Crippen molar-refractivity contribution in [3.63, 3.8) is 0 Å². The second-order valence-corrected chi connectivity index (χ2v) is 5.75. The second-order valence-electron chi connectivity index (χ2n) is 5.75. The fraction of sp³-hybridized carbons (Fsp3) is 0.625. The Kier molecular flexibility index (Phi) is 6.14. The molecule has 0 saturated carbocycles. The lowest BCUT2D eigenvalue weighted by atomic mass is 10.0. The molecule has 1 aliphatic heterocycles. The van der Waals surface area contributed by atoms with Crippen molar-refractivity contribution in [3.05, 3.63) is 29.6 Å². The van der Waals surface area contributed by atoms with E-state index in [4.69, 9.17) is 5.73 Å². The number of nitrogens with two attached hydrogens (primary N) is 1. The van der Waals surface area contributed by atoms with Gasteiger partial charge in [-0.15, -0.1) is 0 Å². The number of rotatable bonds is 6. The van der Waals surface area contributed by atoms with Crippen molar-refractivity contribution in [2.75, 3.05) is 19.6 Å². The maximum absolute atomic E-state index is 11.9. The van der Waals surface area contributed by atoms with Crippen LogP contribution in [0.5, 0.6) is 0 Å². The predicted octanol–water partition coefficient (Wildman–Crippen LogP) is 1.53. The summed E-state index contributed by atoms with van der Waals surface area (Å²) in [5.74, 6) is -0.106. The molecule has 1 atom stereocenters. The van der Waals surface area contributed by atoms with Crippen LogP contribution in [0.25, 0.3) is 0 Å². The fourth-order valence-electron chi connectivity index (χ4n) is 2.74. The minimum atomic E-state index is -0.106. The Bertz CT molecular complexity index is 446. The van der Waals surface area contributed by atoms with Crippen molar-refractivity contribution >= 4 is 5.91 Å². The van der Waals surface area contributed by atoms with Gasteiger partial charge in [0, 0.05) is 31.9 Å². The monoisotopic (exact) mass is 290 g/mol. The first kappa shape index (κ1) is 15.9. The van der Waals surface area contributed by atoms with Gasteiger partial charge in [0.15, 0.2) is 0 Å². The number of nitrogens with one attached hydrogen (secondary N) is 1. The maximum atomic E-state index is 11.9. The highest BCUT2D eigenvalue weighted by Crippen LogP contribution is 2.16. The van der Waals surface area contributed by atoms with E-state index in [2.05, 4.69) is 22.1 Å². The van der Waals surface area contributed by atoms with Crippen molar-refractivity contribution < 1.29 is 4.79 Å². The van der Waals surface area contributed by atoms with E-state index < -0.39 is 0 Å². The van der Waals surface area contributed by atoms with E-state index >= 15 is 0 Å². The fourth-order valence-corrected chi connectivity index (χ4v) is 2.74. The first-order valence-corrected chi connectivity index (χ1v) is 7.88. The third kappa shape index (κ3) is 4.79. The molecule has 2 rings (SSSR count). The first-order chi connectivity index (χ1) is 10.2. The van der Waals surface area contributed by atoms with Crippen LogP contribution in [0.2, 0.25) is 0 Å². The molecular weight excluding hydrogens is 264 g/mol. The third-order valence-corrected chi connectivity index (χ3v) is 4.14. The largest absolute Gasteiger partial charge is 0.351 e. The minimum absolute atomic E-state index is 0.106. The summed E-state index contributed by atoms with van der Waals surface area (Å²) >= 11 is 0. The average molecular weight is 290 g/mol. The normalized spacial score (nSPS) is 19.4. The predicted molar refractivity (Wildman–Crippen MR) is 84.0 cm³/mol. The number of likely N-dealkylation sites (tertiary alicyclic amines) is 1. The molecule has 0 spiro atoms. The number of hydrogen-bond acceptors (Lipinski definition) is 4. The molecule has 1 aromatic rings. The van der Waals surface area contributed by atoms with Gasteiger partial charge < -0.3 is 16.0 Å².